The fourth-order valence-electron chi connectivity index (χ4n) is 1.17. The van der Waals surface area contributed by atoms with Crippen molar-refractivity contribution in [3.63, 3.8) is 0 Å². The minimum Gasteiger partial charge on any atom is -0.330 e. The lowest BCUT2D eigenvalue weighted by molar-refractivity contribution is 0.447. The quantitative estimate of drug-likeness (QED) is 0.663. The number of nitrogens with zero attached hydrogens (tertiary/aromatic N) is 1. The zero-order chi connectivity index (χ0) is 11.0. The van der Waals surface area contributed by atoms with E-state index in [0.29, 0.717) is 5.25 Å². The number of nitriles is 1. The molecule has 0 aromatic carbocycles. The Balaban J connectivity index is 3.43. The molecule has 0 spiro atoms. The lowest BCUT2D eigenvalue weighted by Crippen LogP contribution is -2.10. The summed E-state index contributed by atoms with van der Waals surface area (Å²) in [6, 6.07) is 2.33. The maximum atomic E-state index is 8.81. The molecule has 0 bridgehead atoms. The van der Waals surface area contributed by atoms with Gasteiger partial charge in [-0.15, -0.1) is 0 Å². The van der Waals surface area contributed by atoms with Gasteiger partial charge in [0, 0.05) is 5.25 Å². The van der Waals surface area contributed by atoms with Gasteiger partial charge in [-0.1, -0.05) is 6.92 Å². The first kappa shape index (κ1) is 13.8. The third kappa shape index (κ3) is 7.23. The number of thioether (sulfide) groups is 1. The molecule has 1 unspecified atom stereocenters. The molecule has 1 atom stereocenters. The monoisotopic (exact) mass is 214 g/mol. The highest BCUT2D eigenvalue weighted by atomic mass is 32.2. The largest absolute Gasteiger partial charge is 0.330 e. The van der Waals surface area contributed by atoms with Crippen LogP contribution in [0.3, 0.4) is 0 Å². The van der Waals surface area contributed by atoms with Crippen molar-refractivity contribution < 1.29 is 0 Å². The molecule has 2 N–H and O–H groups in total. The first-order chi connectivity index (χ1) is 6.52. The smallest absolute Gasteiger partial charge is 0.0683 e. The fourth-order valence-corrected chi connectivity index (χ4v) is 2.19. The zero-order valence-corrected chi connectivity index (χ0v) is 10.4. The minimum atomic E-state index is -0.155. The van der Waals surface area contributed by atoms with Crippen LogP contribution in [-0.4, -0.2) is 17.5 Å². The highest BCUT2D eigenvalue weighted by Crippen LogP contribution is 2.23. The molecule has 82 valence electrons. The summed E-state index contributed by atoms with van der Waals surface area (Å²) in [6.45, 7) is 6.99. The van der Waals surface area contributed by atoms with E-state index in [1.54, 1.807) is 0 Å². The summed E-state index contributed by atoms with van der Waals surface area (Å²) in [7, 11) is 0. The Labute approximate surface area is 92.2 Å². The van der Waals surface area contributed by atoms with Crippen molar-refractivity contribution in [3.05, 3.63) is 0 Å². The molecular weight excluding hydrogens is 192 g/mol. The van der Waals surface area contributed by atoms with E-state index in [1.807, 2.05) is 25.6 Å². The van der Waals surface area contributed by atoms with Crippen LogP contribution in [0.4, 0.5) is 0 Å². The van der Waals surface area contributed by atoms with E-state index in [-0.39, 0.29) is 5.41 Å². The van der Waals surface area contributed by atoms with E-state index >= 15 is 0 Å². The highest BCUT2D eigenvalue weighted by Gasteiger charge is 2.15. The second kappa shape index (κ2) is 7.14. The van der Waals surface area contributed by atoms with Gasteiger partial charge in [0.2, 0.25) is 0 Å². The molecule has 0 aliphatic carbocycles. The van der Waals surface area contributed by atoms with Crippen molar-refractivity contribution in [1.82, 2.24) is 0 Å². The van der Waals surface area contributed by atoms with Gasteiger partial charge < -0.3 is 5.73 Å². The van der Waals surface area contributed by atoms with Gasteiger partial charge in [-0.3, -0.25) is 0 Å². The van der Waals surface area contributed by atoms with Crippen LogP contribution in [0.25, 0.3) is 0 Å². The molecule has 0 aromatic rings. The average molecular weight is 214 g/mol. The van der Waals surface area contributed by atoms with Gasteiger partial charge in [0.25, 0.3) is 0 Å². The molecule has 0 aliphatic rings. The Morgan fingerprint density at radius 3 is 2.64 bits per heavy atom. The molecular formula is C11H22N2S. The number of hydrogen-bond acceptors (Lipinski definition) is 3. The summed E-state index contributed by atoms with van der Waals surface area (Å²) in [5.41, 5.74) is 5.31. The first-order valence-electron chi connectivity index (χ1n) is 5.25. The highest BCUT2D eigenvalue weighted by molar-refractivity contribution is 7.99. The van der Waals surface area contributed by atoms with E-state index in [0.717, 1.165) is 31.6 Å². The van der Waals surface area contributed by atoms with Crippen molar-refractivity contribution >= 4 is 11.8 Å². The van der Waals surface area contributed by atoms with Crippen LogP contribution in [0.5, 0.6) is 0 Å². The van der Waals surface area contributed by atoms with Crippen LogP contribution in [-0.2, 0) is 0 Å². The molecule has 0 saturated heterocycles. The Kier molecular flexibility index (Phi) is 7.04. The lowest BCUT2D eigenvalue weighted by atomic mass is 9.90. The van der Waals surface area contributed by atoms with Crippen LogP contribution < -0.4 is 5.73 Å². The van der Waals surface area contributed by atoms with Crippen molar-refractivity contribution in [2.24, 2.45) is 11.1 Å². The van der Waals surface area contributed by atoms with Gasteiger partial charge in [0.05, 0.1) is 11.5 Å². The van der Waals surface area contributed by atoms with Crippen LogP contribution in [0, 0.1) is 16.7 Å². The van der Waals surface area contributed by atoms with Crippen molar-refractivity contribution in [2.75, 3.05) is 12.3 Å². The zero-order valence-electron chi connectivity index (χ0n) is 9.55. The van der Waals surface area contributed by atoms with Crippen molar-refractivity contribution in [1.29, 1.82) is 5.26 Å². The normalized spacial score (nSPS) is 13.6. The number of rotatable bonds is 7. The second-order valence-corrected chi connectivity index (χ2v) is 5.90. The molecule has 0 rings (SSSR count). The summed E-state index contributed by atoms with van der Waals surface area (Å²) in [4.78, 5) is 0. The molecule has 0 fully saturated rings. The molecule has 14 heavy (non-hydrogen) atoms. The summed E-state index contributed by atoms with van der Waals surface area (Å²) < 4.78 is 0. The maximum Gasteiger partial charge on any atom is 0.0683 e. The van der Waals surface area contributed by atoms with Gasteiger partial charge in [0.1, 0.15) is 0 Å². The van der Waals surface area contributed by atoms with Crippen LogP contribution in [0.2, 0.25) is 0 Å². The molecule has 0 radical (unpaired) electrons. The van der Waals surface area contributed by atoms with Crippen LogP contribution in [0.15, 0.2) is 0 Å². The van der Waals surface area contributed by atoms with E-state index in [9.17, 15) is 0 Å². The van der Waals surface area contributed by atoms with E-state index in [4.69, 9.17) is 11.0 Å². The standard InChI is InChI=1S/C11H22N2S/c1-10(5-7-12)14-8-4-6-11(2,3)9-13/h10H,4-8,12H2,1-3H3. The Hall–Kier alpha value is -0.200. The fraction of sp³-hybridized carbons (Fsp3) is 0.909. The number of hydrogen-bond donors (Lipinski definition) is 1. The van der Waals surface area contributed by atoms with Crippen LogP contribution >= 0.6 is 11.8 Å². The summed E-state index contributed by atoms with van der Waals surface area (Å²) >= 11 is 1.96. The van der Waals surface area contributed by atoms with Gasteiger partial charge in [-0.2, -0.15) is 17.0 Å². The van der Waals surface area contributed by atoms with E-state index in [1.165, 1.54) is 0 Å². The van der Waals surface area contributed by atoms with Gasteiger partial charge in [-0.05, 0) is 45.4 Å². The molecule has 0 heterocycles. The molecule has 3 heteroatoms. The topological polar surface area (TPSA) is 49.8 Å². The Morgan fingerprint density at radius 2 is 2.14 bits per heavy atom. The maximum absolute atomic E-state index is 8.81. The second-order valence-electron chi connectivity index (χ2n) is 4.36. The summed E-state index contributed by atoms with van der Waals surface area (Å²) in [6.07, 6.45) is 3.21. The minimum absolute atomic E-state index is 0.155. The number of nitrogens with two attached hydrogens (primary N) is 1. The van der Waals surface area contributed by atoms with Gasteiger partial charge in [0.15, 0.2) is 0 Å². The predicted molar refractivity (Wildman–Crippen MR) is 64.2 cm³/mol. The van der Waals surface area contributed by atoms with Crippen molar-refractivity contribution in [3.8, 4) is 6.07 Å². The molecule has 2 nitrogen and oxygen atoms in total. The Bertz CT molecular complexity index is 184. The van der Waals surface area contributed by atoms with Crippen molar-refractivity contribution in [2.45, 2.75) is 45.3 Å². The first-order valence-corrected chi connectivity index (χ1v) is 6.29. The summed E-state index contributed by atoms with van der Waals surface area (Å²) in [5, 5.41) is 9.47. The molecule has 0 aliphatic heterocycles. The Morgan fingerprint density at radius 1 is 1.50 bits per heavy atom. The van der Waals surface area contributed by atoms with E-state index < -0.39 is 0 Å². The molecule has 0 aromatic heterocycles. The third-order valence-electron chi connectivity index (χ3n) is 2.22. The molecule has 0 amide bonds. The SMILES string of the molecule is CC(CCN)SCCCC(C)(C)C#N. The molecule has 0 saturated carbocycles. The van der Waals surface area contributed by atoms with E-state index in [2.05, 4.69) is 13.0 Å². The predicted octanol–water partition coefficient (Wildman–Crippen LogP) is 2.79. The van der Waals surface area contributed by atoms with Crippen LogP contribution in [0.1, 0.15) is 40.0 Å². The average Bonchev–Trinajstić information content (AvgIpc) is 2.13. The van der Waals surface area contributed by atoms with Gasteiger partial charge in [-0.25, -0.2) is 0 Å². The summed E-state index contributed by atoms with van der Waals surface area (Å²) in [5.74, 6) is 1.15. The third-order valence-corrected chi connectivity index (χ3v) is 3.55. The lowest BCUT2D eigenvalue weighted by Gasteiger charge is -2.15. The van der Waals surface area contributed by atoms with Gasteiger partial charge >= 0.3 is 0 Å².